The van der Waals surface area contributed by atoms with Crippen LogP contribution in [0.2, 0.25) is 0 Å². The number of likely N-dealkylation sites (N-methyl/N-ethyl adjacent to an activating group) is 1. The van der Waals surface area contributed by atoms with Gasteiger partial charge in [0.25, 0.3) is 0 Å². The summed E-state index contributed by atoms with van der Waals surface area (Å²) in [6, 6.07) is 1.08. The highest BCUT2D eigenvalue weighted by Crippen LogP contribution is 2.51. The number of carbonyl (C=O) groups is 1. The summed E-state index contributed by atoms with van der Waals surface area (Å²) >= 11 is 0. The Morgan fingerprint density at radius 2 is 1.62 bits per heavy atom. The molecule has 4 unspecified atom stereocenters. The molecule has 3 aliphatic carbocycles. The van der Waals surface area contributed by atoms with Crippen LogP contribution in [0.25, 0.3) is 0 Å². The first kappa shape index (κ1) is 20.8. The number of ketones is 1. The van der Waals surface area contributed by atoms with E-state index in [-0.39, 0.29) is 11.8 Å². The molecule has 3 saturated carbocycles. The molecule has 0 amide bonds. The fourth-order valence-corrected chi connectivity index (χ4v) is 6.58. The van der Waals surface area contributed by atoms with Crippen molar-refractivity contribution in [1.82, 2.24) is 9.80 Å². The molecule has 0 radical (unpaired) electrons. The minimum absolute atomic E-state index is 0.157. The highest BCUT2D eigenvalue weighted by molar-refractivity contribution is 5.93. The predicted molar refractivity (Wildman–Crippen MR) is 119 cm³/mol. The summed E-state index contributed by atoms with van der Waals surface area (Å²) in [4.78, 5) is 26.9. The maximum atomic E-state index is 12.6. The molecule has 6 atom stereocenters. The lowest BCUT2D eigenvalue weighted by atomic mass is 9.57. The van der Waals surface area contributed by atoms with E-state index in [9.17, 15) is 4.79 Å². The van der Waals surface area contributed by atoms with Crippen LogP contribution in [0.15, 0.2) is 22.1 Å². The van der Waals surface area contributed by atoms with Crippen LogP contribution >= 0.6 is 0 Å². The van der Waals surface area contributed by atoms with Crippen LogP contribution < -0.4 is 0 Å². The van der Waals surface area contributed by atoms with Crippen molar-refractivity contribution in [2.75, 3.05) is 27.2 Å². The first-order valence-electron chi connectivity index (χ1n) is 11.6. The van der Waals surface area contributed by atoms with Gasteiger partial charge in [0.15, 0.2) is 0 Å². The van der Waals surface area contributed by atoms with Gasteiger partial charge in [-0.15, -0.1) is 0 Å². The van der Waals surface area contributed by atoms with Gasteiger partial charge in [-0.1, -0.05) is 20.4 Å². The lowest BCUT2D eigenvalue weighted by Gasteiger charge is -2.47. The molecule has 2 heterocycles. The van der Waals surface area contributed by atoms with Gasteiger partial charge in [-0.25, -0.2) is 4.99 Å². The lowest BCUT2D eigenvalue weighted by Crippen LogP contribution is -2.54. The molecule has 5 aliphatic rings. The summed E-state index contributed by atoms with van der Waals surface area (Å²) in [6.45, 7) is 10.7. The number of allylic oxidation sites excluding steroid dienone is 1. The molecule has 5 heteroatoms. The molecule has 29 heavy (non-hydrogen) atoms. The van der Waals surface area contributed by atoms with E-state index in [1.54, 1.807) is 0 Å². The van der Waals surface area contributed by atoms with Crippen molar-refractivity contribution >= 4 is 18.0 Å². The Bertz CT molecular complexity index is 698. The van der Waals surface area contributed by atoms with E-state index in [0.717, 1.165) is 37.5 Å². The van der Waals surface area contributed by atoms with Gasteiger partial charge in [-0.05, 0) is 68.9 Å². The molecular weight excluding hydrogens is 360 g/mol. The Hall–Kier alpha value is -1.49. The van der Waals surface area contributed by atoms with E-state index in [4.69, 9.17) is 4.99 Å². The normalized spacial score (nSPS) is 37.7. The summed E-state index contributed by atoms with van der Waals surface area (Å²) in [5.41, 5.74) is 1.14. The van der Waals surface area contributed by atoms with Gasteiger partial charge >= 0.3 is 0 Å². The zero-order valence-electron chi connectivity index (χ0n) is 18.7. The Labute approximate surface area is 176 Å². The molecule has 4 bridgehead atoms. The average molecular weight is 399 g/mol. The quantitative estimate of drug-likeness (QED) is 0.536. The van der Waals surface area contributed by atoms with E-state index >= 15 is 0 Å². The molecule has 160 valence electrons. The molecule has 0 N–H and O–H groups in total. The molecule has 5 fully saturated rings. The number of piperazine rings is 1. The maximum Gasteiger partial charge on any atom is 0.220 e. The first-order chi connectivity index (χ1) is 13.9. The van der Waals surface area contributed by atoms with Crippen LogP contribution in [0.5, 0.6) is 0 Å². The van der Waals surface area contributed by atoms with Crippen LogP contribution in [-0.4, -0.2) is 67.0 Å². The number of guanidine groups is 1. The van der Waals surface area contributed by atoms with E-state index in [2.05, 4.69) is 28.4 Å². The van der Waals surface area contributed by atoms with Crippen molar-refractivity contribution in [3.05, 3.63) is 12.2 Å². The van der Waals surface area contributed by atoms with Crippen molar-refractivity contribution in [2.45, 2.75) is 64.5 Å². The summed E-state index contributed by atoms with van der Waals surface area (Å²) in [5, 5.41) is 0. The third kappa shape index (κ3) is 3.95. The number of aliphatic imine (C=N–C) groups is 2. The van der Waals surface area contributed by atoms with Crippen LogP contribution in [-0.2, 0) is 4.79 Å². The Balaban J connectivity index is 1.41. The third-order valence-electron chi connectivity index (χ3n) is 8.01. The summed E-state index contributed by atoms with van der Waals surface area (Å²) in [7, 11) is 4.07. The number of nitrogens with zero attached hydrogens (tertiary/aromatic N) is 4. The maximum absolute atomic E-state index is 12.6. The minimum Gasteiger partial charge on any atom is -0.333 e. The smallest absolute Gasteiger partial charge is 0.220 e. The number of hydrogen-bond donors (Lipinski definition) is 0. The zero-order chi connectivity index (χ0) is 20.7. The Kier molecular flexibility index (Phi) is 5.97. The van der Waals surface area contributed by atoms with Gasteiger partial charge in [0, 0.05) is 50.3 Å². The van der Waals surface area contributed by atoms with Gasteiger partial charge in [-0.2, -0.15) is 0 Å². The van der Waals surface area contributed by atoms with Crippen molar-refractivity contribution in [3.8, 4) is 0 Å². The summed E-state index contributed by atoms with van der Waals surface area (Å²) < 4.78 is 0. The first-order valence-corrected chi connectivity index (χ1v) is 11.6. The van der Waals surface area contributed by atoms with E-state index in [1.807, 2.05) is 27.1 Å². The second-order valence-corrected chi connectivity index (χ2v) is 10.2. The highest BCUT2D eigenvalue weighted by atomic mass is 16.1. The second kappa shape index (κ2) is 8.33. The van der Waals surface area contributed by atoms with Crippen molar-refractivity contribution in [3.63, 3.8) is 0 Å². The number of fused-ring (bicyclic) bond motifs is 5. The van der Waals surface area contributed by atoms with Crippen LogP contribution in [0.3, 0.4) is 0 Å². The van der Waals surface area contributed by atoms with Crippen molar-refractivity contribution in [1.29, 1.82) is 0 Å². The number of carbonyl (C=O) groups excluding carboxylic acids is 1. The minimum atomic E-state index is 0.157. The summed E-state index contributed by atoms with van der Waals surface area (Å²) in [5.74, 6) is 3.40. The molecule has 5 rings (SSSR count). The van der Waals surface area contributed by atoms with Crippen LogP contribution in [0.1, 0.15) is 52.4 Å². The van der Waals surface area contributed by atoms with Crippen molar-refractivity contribution in [2.24, 2.45) is 39.6 Å². The monoisotopic (exact) mass is 398 g/mol. The third-order valence-corrected chi connectivity index (χ3v) is 8.01. The van der Waals surface area contributed by atoms with Crippen LogP contribution in [0.4, 0.5) is 0 Å². The SMILES string of the molecule is C=C(C=NC(=NC)N1C2CCC1CN(C)C2)[C@H]1CC2CCC1C[C@H]2C(=O)C(C)C. The molecule has 0 aromatic carbocycles. The lowest BCUT2D eigenvalue weighted by molar-refractivity contribution is -0.132. The van der Waals surface area contributed by atoms with E-state index in [0.29, 0.717) is 35.6 Å². The fourth-order valence-electron chi connectivity index (χ4n) is 6.58. The molecule has 0 spiro atoms. The largest absolute Gasteiger partial charge is 0.333 e. The predicted octanol–water partition coefficient (Wildman–Crippen LogP) is 3.66. The topological polar surface area (TPSA) is 48.3 Å². The molecule has 2 aliphatic heterocycles. The molecular formula is C24H38N4O. The van der Waals surface area contributed by atoms with Gasteiger partial charge in [0.1, 0.15) is 5.78 Å². The number of likely N-dealkylation sites (tertiary alicyclic amines) is 1. The van der Waals surface area contributed by atoms with E-state index in [1.165, 1.54) is 25.7 Å². The summed E-state index contributed by atoms with van der Waals surface area (Å²) in [6.07, 6.45) is 9.07. The van der Waals surface area contributed by atoms with Crippen molar-refractivity contribution < 1.29 is 4.79 Å². The Morgan fingerprint density at radius 3 is 2.14 bits per heavy atom. The van der Waals surface area contributed by atoms with Crippen LogP contribution in [0, 0.1) is 29.6 Å². The molecule has 5 nitrogen and oxygen atoms in total. The molecule has 0 aromatic rings. The molecule has 2 saturated heterocycles. The van der Waals surface area contributed by atoms with Gasteiger partial charge in [-0.3, -0.25) is 9.79 Å². The number of rotatable bonds is 4. The number of hydrogen-bond acceptors (Lipinski definition) is 3. The zero-order valence-corrected chi connectivity index (χ0v) is 18.7. The second-order valence-electron chi connectivity index (χ2n) is 10.2. The highest BCUT2D eigenvalue weighted by Gasteiger charge is 2.45. The van der Waals surface area contributed by atoms with Gasteiger partial charge < -0.3 is 9.80 Å². The fraction of sp³-hybridized carbons (Fsp3) is 0.792. The van der Waals surface area contributed by atoms with Gasteiger partial charge in [0.05, 0.1) is 0 Å². The van der Waals surface area contributed by atoms with Gasteiger partial charge in [0.2, 0.25) is 5.96 Å². The standard InChI is InChI=1S/C24H38N4O/c1-15(2)23(29)22-11-17-6-7-18(22)10-21(17)16(3)12-26-24(25-4)28-19-8-9-20(28)14-27(5)13-19/h12,15,17-22H,3,6-11,13-14H2,1-2,4-5H3/t17?,18?,19?,20?,21-,22-/m1/s1. The molecule has 0 aromatic heterocycles. The Morgan fingerprint density at radius 1 is 1.03 bits per heavy atom. The average Bonchev–Trinajstić information content (AvgIpc) is 2.98. The van der Waals surface area contributed by atoms with E-state index < -0.39 is 0 Å². The number of Topliss-reactive ketones (excluding diaryl/α,β-unsaturated/α-hetero) is 1.